The van der Waals surface area contributed by atoms with E-state index in [1.165, 1.54) is 18.2 Å². The molecular formula is C25H17NO4. The van der Waals surface area contributed by atoms with Gasteiger partial charge in [0.25, 0.3) is 0 Å². The fraction of sp³-hybridized carbons (Fsp3) is 0.200. The molecule has 0 fully saturated rings. The van der Waals surface area contributed by atoms with Crippen molar-refractivity contribution in [3.8, 4) is 11.8 Å². The Labute approximate surface area is 173 Å². The number of fused-ring (bicyclic) bond motifs is 1. The van der Waals surface area contributed by atoms with Crippen LogP contribution in [-0.4, -0.2) is 22.5 Å². The summed E-state index contributed by atoms with van der Waals surface area (Å²) in [5.74, 6) is -1.19. The molecule has 0 amide bonds. The molecular weight excluding hydrogens is 378 g/mol. The first-order valence-electron chi connectivity index (χ1n) is 9.90. The second-order valence-electron chi connectivity index (χ2n) is 7.92. The summed E-state index contributed by atoms with van der Waals surface area (Å²) in [6, 6.07) is 13.1. The Kier molecular flexibility index (Phi) is 4.04. The fourth-order valence-electron chi connectivity index (χ4n) is 4.88. The van der Waals surface area contributed by atoms with Crippen LogP contribution in [0.4, 0.5) is 0 Å². The minimum atomic E-state index is -0.609. The monoisotopic (exact) mass is 395 g/mol. The van der Waals surface area contributed by atoms with Gasteiger partial charge in [-0.25, -0.2) is 0 Å². The molecule has 146 valence electrons. The predicted octanol–water partition coefficient (Wildman–Crippen LogP) is 4.18. The van der Waals surface area contributed by atoms with E-state index in [2.05, 4.69) is 6.07 Å². The van der Waals surface area contributed by atoms with Crippen LogP contribution in [0.2, 0.25) is 0 Å². The quantitative estimate of drug-likeness (QED) is 0.782. The van der Waals surface area contributed by atoms with Crippen molar-refractivity contribution in [2.24, 2.45) is 0 Å². The van der Waals surface area contributed by atoms with Gasteiger partial charge in [0.05, 0.1) is 11.6 Å². The van der Waals surface area contributed by atoms with Crippen molar-refractivity contribution >= 4 is 17.3 Å². The Hall–Kier alpha value is -3.78. The van der Waals surface area contributed by atoms with Crippen molar-refractivity contribution in [2.75, 3.05) is 0 Å². The number of Topliss-reactive ketones (excluding diaryl/α,β-unsaturated/α-hetero) is 3. The molecule has 2 aromatic carbocycles. The summed E-state index contributed by atoms with van der Waals surface area (Å²) in [4.78, 5) is 39.8. The molecule has 0 heterocycles. The van der Waals surface area contributed by atoms with Gasteiger partial charge >= 0.3 is 0 Å². The van der Waals surface area contributed by atoms with Crippen LogP contribution in [0.5, 0.6) is 5.75 Å². The zero-order valence-corrected chi connectivity index (χ0v) is 16.1. The average molecular weight is 395 g/mol. The molecule has 2 aromatic rings. The van der Waals surface area contributed by atoms with Gasteiger partial charge in [-0.3, -0.25) is 14.4 Å². The molecule has 3 aliphatic carbocycles. The van der Waals surface area contributed by atoms with E-state index < -0.39 is 5.92 Å². The van der Waals surface area contributed by atoms with Gasteiger partial charge in [-0.1, -0.05) is 17.7 Å². The van der Waals surface area contributed by atoms with Crippen LogP contribution in [0.25, 0.3) is 0 Å². The molecule has 1 N–H and O–H groups in total. The number of carbonyl (C=O) groups excluding carboxylic acids is 3. The van der Waals surface area contributed by atoms with Gasteiger partial charge in [-0.2, -0.15) is 5.26 Å². The van der Waals surface area contributed by atoms with Crippen LogP contribution in [0.1, 0.15) is 63.4 Å². The smallest absolute Gasteiger partial charge is 0.191 e. The van der Waals surface area contributed by atoms with E-state index in [1.54, 1.807) is 24.3 Å². The van der Waals surface area contributed by atoms with Crippen molar-refractivity contribution in [1.29, 1.82) is 5.26 Å². The fourth-order valence-corrected chi connectivity index (χ4v) is 4.88. The minimum absolute atomic E-state index is 0.0221. The summed E-state index contributed by atoms with van der Waals surface area (Å²) in [6.07, 6.45) is 2.18. The van der Waals surface area contributed by atoms with E-state index in [4.69, 9.17) is 5.26 Å². The van der Waals surface area contributed by atoms with Gasteiger partial charge in [-0.15, -0.1) is 0 Å². The van der Waals surface area contributed by atoms with Crippen LogP contribution < -0.4 is 0 Å². The lowest BCUT2D eigenvalue weighted by Crippen LogP contribution is -2.33. The largest absolute Gasteiger partial charge is 0.508 e. The number of nitrogens with zero attached hydrogens (tertiary/aromatic N) is 1. The van der Waals surface area contributed by atoms with Gasteiger partial charge in [0.15, 0.2) is 17.3 Å². The van der Waals surface area contributed by atoms with E-state index in [0.717, 1.165) is 24.0 Å². The number of rotatable bonds is 1. The van der Waals surface area contributed by atoms with Crippen LogP contribution in [0, 0.1) is 11.3 Å². The maximum atomic E-state index is 13.5. The van der Waals surface area contributed by atoms with Crippen LogP contribution in [0.3, 0.4) is 0 Å². The van der Waals surface area contributed by atoms with Gasteiger partial charge in [0, 0.05) is 40.2 Å². The second kappa shape index (κ2) is 6.64. The summed E-state index contributed by atoms with van der Waals surface area (Å²) in [7, 11) is 0. The van der Waals surface area contributed by atoms with Crippen molar-refractivity contribution < 1.29 is 19.5 Å². The Morgan fingerprint density at radius 3 is 2.40 bits per heavy atom. The lowest BCUT2D eigenvalue weighted by molar-refractivity contribution is -0.116. The molecule has 1 unspecified atom stereocenters. The first kappa shape index (κ1) is 18.3. The maximum Gasteiger partial charge on any atom is 0.191 e. The molecule has 5 heteroatoms. The lowest BCUT2D eigenvalue weighted by Gasteiger charge is -2.36. The Morgan fingerprint density at radius 2 is 1.67 bits per heavy atom. The topological polar surface area (TPSA) is 95.2 Å². The van der Waals surface area contributed by atoms with E-state index in [9.17, 15) is 19.5 Å². The number of allylic oxidation sites excluding steroid dienone is 4. The molecule has 5 rings (SSSR count). The highest BCUT2D eigenvalue weighted by atomic mass is 16.3. The molecule has 0 aromatic heterocycles. The number of aromatic hydroxyl groups is 1. The number of phenolic OH excluding ortho intramolecular Hbond substituents is 1. The average Bonchev–Trinajstić information content (AvgIpc) is 2.76. The summed E-state index contributed by atoms with van der Waals surface area (Å²) >= 11 is 0. The SMILES string of the molecule is N#Cc1ccc(C2C3=C(CCCC3=O)CC3=C2C(=O)c2ccc(O)cc2C3=O)cc1. The molecule has 0 radical (unpaired) electrons. The molecule has 0 bridgehead atoms. The summed E-state index contributed by atoms with van der Waals surface area (Å²) in [5.41, 5.74) is 4.01. The van der Waals surface area contributed by atoms with E-state index in [0.29, 0.717) is 35.1 Å². The summed E-state index contributed by atoms with van der Waals surface area (Å²) in [5, 5.41) is 19.0. The molecule has 3 aliphatic rings. The number of ketones is 3. The maximum absolute atomic E-state index is 13.5. The highest BCUT2D eigenvalue weighted by Gasteiger charge is 2.44. The van der Waals surface area contributed by atoms with Gasteiger partial charge in [-0.05, 0) is 55.2 Å². The highest BCUT2D eigenvalue weighted by Crippen LogP contribution is 2.49. The number of phenols is 1. The summed E-state index contributed by atoms with van der Waals surface area (Å²) < 4.78 is 0. The third-order valence-corrected chi connectivity index (χ3v) is 6.24. The third-order valence-electron chi connectivity index (χ3n) is 6.24. The Morgan fingerprint density at radius 1 is 0.900 bits per heavy atom. The standard InChI is InChI=1S/C25H17NO4/c26-12-13-4-6-14(7-5-13)22-21-15(2-1-3-20(21)28)10-19-23(22)25(30)17-9-8-16(27)11-18(17)24(19)29/h4-9,11,22,27H,1-3,10H2. The van der Waals surface area contributed by atoms with E-state index >= 15 is 0 Å². The number of carbonyl (C=O) groups is 3. The van der Waals surface area contributed by atoms with Crippen LogP contribution >= 0.6 is 0 Å². The zero-order valence-electron chi connectivity index (χ0n) is 16.1. The minimum Gasteiger partial charge on any atom is -0.508 e. The Bertz CT molecular complexity index is 1260. The predicted molar refractivity (Wildman–Crippen MR) is 108 cm³/mol. The van der Waals surface area contributed by atoms with Crippen molar-refractivity contribution in [2.45, 2.75) is 31.6 Å². The number of hydrogen-bond donors (Lipinski definition) is 1. The number of nitriles is 1. The zero-order chi connectivity index (χ0) is 21.0. The van der Waals surface area contributed by atoms with Gasteiger partial charge in [0.1, 0.15) is 5.75 Å². The first-order valence-corrected chi connectivity index (χ1v) is 9.90. The van der Waals surface area contributed by atoms with E-state index in [1.807, 2.05) is 0 Å². The molecule has 30 heavy (non-hydrogen) atoms. The van der Waals surface area contributed by atoms with Crippen LogP contribution in [0.15, 0.2) is 64.8 Å². The van der Waals surface area contributed by atoms with E-state index in [-0.39, 0.29) is 34.2 Å². The molecule has 0 saturated carbocycles. The van der Waals surface area contributed by atoms with Crippen molar-refractivity contribution in [1.82, 2.24) is 0 Å². The molecule has 0 spiro atoms. The molecule has 1 atom stereocenters. The van der Waals surface area contributed by atoms with Gasteiger partial charge in [0.2, 0.25) is 0 Å². The molecule has 0 saturated heterocycles. The van der Waals surface area contributed by atoms with Crippen LogP contribution in [-0.2, 0) is 4.79 Å². The van der Waals surface area contributed by atoms with Gasteiger partial charge < -0.3 is 5.11 Å². The number of benzene rings is 2. The molecule has 0 aliphatic heterocycles. The third kappa shape index (κ3) is 2.57. The first-order chi connectivity index (χ1) is 14.5. The summed E-state index contributed by atoms with van der Waals surface area (Å²) in [6.45, 7) is 0. The number of hydrogen-bond acceptors (Lipinski definition) is 5. The second-order valence-corrected chi connectivity index (χ2v) is 7.92. The molecule has 5 nitrogen and oxygen atoms in total. The van der Waals surface area contributed by atoms with Crippen molar-refractivity contribution in [3.05, 3.63) is 87.0 Å². The Balaban J connectivity index is 1.75. The normalized spacial score (nSPS) is 20.5. The lowest BCUT2D eigenvalue weighted by atomic mass is 9.65. The van der Waals surface area contributed by atoms with Crippen molar-refractivity contribution in [3.63, 3.8) is 0 Å². The highest BCUT2D eigenvalue weighted by molar-refractivity contribution is 6.28.